The van der Waals surface area contributed by atoms with E-state index in [0.29, 0.717) is 41.8 Å². The molecule has 1 amide bonds. The molecule has 29 heavy (non-hydrogen) atoms. The molecule has 0 saturated carbocycles. The van der Waals surface area contributed by atoms with Gasteiger partial charge in [-0.3, -0.25) is 4.79 Å². The number of ether oxygens (including phenoxy) is 5. The number of carbonyl (C=O) groups is 1. The van der Waals surface area contributed by atoms with Gasteiger partial charge in [-0.1, -0.05) is 0 Å². The van der Waals surface area contributed by atoms with E-state index in [0.717, 1.165) is 12.8 Å². The van der Waals surface area contributed by atoms with Gasteiger partial charge in [-0.25, -0.2) is 4.98 Å². The Bertz CT molecular complexity index is 835. The van der Waals surface area contributed by atoms with Crippen molar-refractivity contribution in [2.75, 3.05) is 41.5 Å². The van der Waals surface area contributed by atoms with Crippen LogP contribution in [0, 0.1) is 0 Å². The average molecular weight is 403 g/mol. The third-order valence-electron chi connectivity index (χ3n) is 4.65. The summed E-state index contributed by atoms with van der Waals surface area (Å²) in [6, 6.07) is 5.22. The zero-order valence-corrected chi connectivity index (χ0v) is 17.0. The van der Waals surface area contributed by atoms with E-state index in [1.54, 1.807) is 29.3 Å². The van der Waals surface area contributed by atoms with Crippen LogP contribution in [-0.4, -0.2) is 68.4 Å². The number of piperidine rings is 1. The van der Waals surface area contributed by atoms with E-state index in [1.807, 2.05) is 0 Å². The molecule has 156 valence electrons. The quantitative estimate of drug-likeness (QED) is 0.695. The van der Waals surface area contributed by atoms with Crippen LogP contribution in [0.15, 0.2) is 24.4 Å². The second-order valence-electron chi connectivity index (χ2n) is 6.43. The summed E-state index contributed by atoms with van der Waals surface area (Å²) in [6.45, 7) is 1.09. The minimum atomic E-state index is -0.172. The number of rotatable bonds is 7. The fourth-order valence-electron chi connectivity index (χ4n) is 3.27. The van der Waals surface area contributed by atoms with Crippen molar-refractivity contribution in [2.24, 2.45) is 0 Å². The van der Waals surface area contributed by atoms with Gasteiger partial charge in [-0.15, -0.1) is 0 Å². The first-order valence-corrected chi connectivity index (χ1v) is 9.22. The Labute approximate surface area is 169 Å². The van der Waals surface area contributed by atoms with Crippen molar-refractivity contribution in [3.05, 3.63) is 30.0 Å². The standard InChI is InChI=1S/C20H25N3O6/c1-25-15-10-13(11-16(26-2)18(15)27-3)19(24)23-9-5-6-14(12-23)29-17-7-8-21-20(22-17)28-4/h7-8,10-11,14H,5-6,9,12H2,1-4H3. The minimum Gasteiger partial charge on any atom is -0.493 e. The van der Waals surface area contributed by atoms with E-state index in [2.05, 4.69) is 9.97 Å². The molecule has 9 nitrogen and oxygen atoms in total. The summed E-state index contributed by atoms with van der Waals surface area (Å²) < 4.78 is 27.0. The lowest BCUT2D eigenvalue weighted by atomic mass is 10.1. The van der Waals surface area contributed by atoms with Crippen LogP contribution in [0.25, 0.3) is 0 Å². The molecule has 0 radical (unpaired) electrons. The average Bonchev–Trinajstić information content (AvgIpc) is 2.77. The molecule has 0 N–H and O–H groups in total. The van der Waals surface area contributed by atoms with Crippen molar-refractivity contribution in [3.63, 3.8) is 0 Å². The minimum absolute atomic E-state index is 0.127. The van der Waals surface area contributed by atoms with Crippen molar-refractivity contribution in [3.8, 4) is 29.1 Å². The molecule has 1 aromatic carbocycles. The maximum Gasteiger partial charge on any atom is 0.319 e. The van der Waals surface area contributed by atoms with Crippen molar-refractivity contribution >= 4 is 5.91 Å². The fraction of sp³-hybridized carbons (Fsp3) is 0.450. The summed E-state index contributed by atoms with van der Waals surface area (Å²) in [5.41, 5.74) is 0.462. The first kappa shape index (κ1) is 20.5. The molecule has 0 bridgehead atoms. The molecule has 1 aliphatic heterocycles. The Morgan fingerprint density at radius 3 is 2.41 bits per heavy atom. The number of benzene rings is 1. The van der Waals surface area contributed by atoms with Crippen LogP contribution in [0.1, 0.15) is 23.2 Å². The number of amides is 1. The van der Waals surface area contributed by atoms with Gasteiger partial charge in [0, 0.05) is 24.4 Å². The highest BCUT2D eigenvalue weighted by atomic mass is 16.5. The molecule has 3 rings (SSSR count). The SMILES string of the molecule is COc1nccc(OC2CCCN(C(=O)c3cc(OC)c(OC)c(OC)c3)C2)n1. The second-order valence-corrected chi connectivity index (χ2v) is 6.43. The number of aromatic nitrogens is 2. The molecular weight excluding hydrogens is 378 g/mol. The van der Waals surface area contributed by atoms with E-state index in [4.69, 9.17) is 23.7 Å². The number of carbonyl (C=O) groups excluding carboxylic acids is 1. The summed E-state index contributed by atoms with van der Waals surface area (Å²) >= 11 is 0. The van der Waals surface area contributed by atoms with E-state index in [1.165, 1.54) is 28.4 Å². The van der Waals surface area contributed by atoms with E-state index < -0.39 is 0 Å². The Morgan fingerprint density at radius 1 is 1.07 bits per heavy atom. The number of methoxy groups -OCH3 is 4. The molecule has 1 aliphatic rings. The van der Waals surface area contributed by atoms with Crippen LogP contribution in [0.4, 0.5) is 0 Å². The Morgan fingerprint density at radius 2 is 1.79 bits per heavy atom. The van der Waals surface area contributed by atoms with Gasteiger partial charge in [0.1, 0.15) is 6.10 Å². The third-order valence-corrected chi connectivity index (χ3v) is 4.65. The van der Waals surface area contributed by atoms with Gasteiger partial charge in [-0.05, 0) is 25.0 Å². The summed E-state index contributed by atoms with van der Waals surface area (Å²) in [4.78, 5) is 23.0. The Balaban J connectivity index is 1.75. The van der Waals surface area contributed by atoms with Gasteiger partial charge in [0.15, 0.2) is 11.5 Å². The second kappa shape index (κ2) is 9.31. The van der Waals surface area contributed by atoms with Crippen LogP contribution < -0.4 is 23.7 Å². The highest BCUT2D eigenvalue weighted by Crippen LogP contribution is 2.38. The molecule has 2 heterocycles. The number of hydrogen-bond acceptors (Lipinski definition) is 8. The highest BCUT2D eigenvalue weighted by molar-refractivity contribution is 5.95. The molecule has 1 fully saturated rings. The first-order valence-electron chi connectivity index (χ1n) is 9.22. The number of hydrogen-bond donors (Lipinski definition) is 0. The maximum absolute atomic E-state index is 13.1. The van der Waals surface area contributed by atoms with Gasteiger partial charge in [0.25, 0.3) is 5.91 Å². The fourth-order valence-corrected chi connectivity index (χ4v) is 3.27. The monoisotopic (exact) mass is 403 g/mol. The lowest BCUT2D eigenvalue weighted by Crippen LogP contribution is -2.44. The topological polar surface area (TPSA) is 92.2 Å². The van der Waals surface area contributed by atoms with Crippen molar-refractivity contribution in [1.29, 1.82) is 0 Å². The van der Waals surface area contributed by atoms with Crippen LogP contribution >= 0.6 is 0 Å². The Kier molecular flexibility index (Phi) is 6.58. The molecule has 1 aromatic heterocycles. The van der Waals surface area contributed by atoms with E-state index in [-0.39, 0.29) is 18.0 Å². The first-order chi connectivity index (χ1) is 14.1. The van der Waals surface area contributed by atoms with E-state index >= 15 is 0 Å². The molecular formula is C20H25N3O6. The predicted molar refractivity (Wildman–Crippen MR) is 104 cm³/mol. The summed E-state index contributed by atoms with van der Waals surface area (Å²) in [6.07, 6.45) is 3.05. The molecule has 1 saturated heterocycles. The Hall–Kier alpha value is -3.23. The van der Waals surface area contributed by atoms with Crippen molar-refractivity contribution in [2.45, 2.75) is 18.9 Å². The van der Waals surface area contributed by atoms with Crippen LogP contribution in [-0.2, 0) is 0 Å². The van der Waals surface area contributed by atoms with Crippen molar-refractivity contribution < 1.29 is 28.5 Å². The van der Waals surface area contributed by atoms with Crippen LogP contribution in [0.5, 0.6) is 29.1 Å². The third kappa shape index (κ3) is 4.61. The van der Waals surface area contributed by atoms with Gasteiger partial charge < -0.3 is 28.6 Å². The molecule has 2 aromatic rings. The zero-order valence-electron chi connectivity index (χ0n) is 17.0. The largest absolute Gasteiger partial charge is 0.493 e. The molecule has 0 spiro atoms. The molecule has 1 unspecified atom stereocenters. The zero-order chi connectivity index (χ0) is 20.8. The van der Waals surface area contributed by atoms with Gasteiger partial charge in [0.05, 0.1) is 35.0 Å². The molecule has 1 atom stereocenters. The van der Waals surface area contributed by atoms with E-state index in [9.17, 15) is 4.79 Å². The summed E-state index contributed by atoms with van der Waals surface area (Å²) in [5, 5.41) is 0. The normalized spacial score (nSPS) is 16.1. The van der Waals surface area contributed by atoms with Crippen LogP contribution in [0.3, 0.4) is 0 Å². The number of likely N-dealkylation sites (tertiary alicyclic amines) is 1. The maximum atomic E-state index is 13.1. The van der Waals surface area contributed by atoms with Crippen molar-refractivity contribution in [1.82, 2.24) is 14.9 Å². The highest BCUT2D eigenvalue weighted by Gasteiger charge is 2.27. The summed E-state index contributed by atoms with van der Waals surface area (Å²) in [5.74, 6) is 1.62. The smallest absolute Gasteiger partial charge is 0.319 e. The van der Waals surface area contributed by atoms with Crippen LogP contribution in [0.2, 0.25) is 0 Å². The lowest BCUT2D eigenvalue weighted by molar-refractivity contribution is 0.0525. The van der Waals surface area contributed by atoms with Gasteiger partial charge in [-0.2, -0.15) is 4.98 Å². The molecule has 0 aliphatic carbocycles. The molecule has 9 heteroatoms. The lowest BCUT2D eigenvalue weighted by Gasteiger charge is -2.32. The number of nitrogens with zero attached hydrogens (tertiary/aromatic N) is 3. The van der Waals surface area contributed by atoms with Gasteiger partial charge >= 0.3 is 6.01 Å². The predicted octanol–water partition coefficient (Wildman–Crippen LogP) is 2.19. The summed E-state index contributed by atoms with van der Waals surface area (Å²) in [7, 11) is 6.06. The van der Waals surface area contributed by atoms with Gasteiger partial charge in [0.2, 0.25) is 11.6 Å².